The summed E-state index contributed by atoms with van der Waals surface area (Å²) in [5.74, 6) is -0.149. The third-order valence-electron chi connectivity index (χ3n) is 6.40. The summed E-state index contributed by atoms with van der Waals surface area (Å²) in [5.41, 5.74) is 1.78. The average molecular weight is 475 g/mol. The second-order valence-corrected chi connectivity index (χ2v) is 8.96. The maximum atomic E-state index is 13.8. The van der Waals surface area contributed by atoms with Gasteiger partial charge in [0.25, 0.3) is 11.6 Å². The van der Waals surface area contributed by atoms with Crippen LogP contribution in [0.3, 0.4) is 0 Å². The number of fused-ring (bicyclic) bond motifs is 1. The minimum Gasteiger partial charge on any atom is -0.340 e. The van der Waals surface area contributed by atoms with E-state index in [1.165, 1.54) is 12.1 Å². The van der Waals surface area contributed by atoms with E-state index in [0.29, 0.717) is 10.6 Å². The fourth-order valence-electron chi connectivity index (χ4n) is 4.77. The molecule has 3 aromatic carbocycles. The van der Waals surface area contributed by atoms with Crippen LogP contribution in [-0.4, -0.2) is 21.8 Å². The molecule has 6 nitrogen and oxygen atoms in total. The van der Waals surface area contributed by atoms with Crippen molar-refractivity contribution in [1.82, 2.24) is 4.90 Å². The zero-order valence-electron chi connectivity index (χ0n) is 18.4. The van der Waals surface area contributed by atoms with Crippen LogP contribution < -0.4 is 0 Å². The summed E-state index contributed by atoms with van der Waals surface area (Å²) in [6.45, 7) is 0.227. The lowest BCUT2D eigenvalue weighted by atomic mass is 9.92. The minimum atomic E-state index is -1.16. The van der Waals surface area contributed by atoms with Crippen LogP contribution in [0.2, 0.25) is 5.02 Å². The molecule has 172 valence electrons. The monoisotopic (exact) mass is 474 g/mol. The number of allylic oxidation sites excluding steroid dienone is 1. The molecule has 1 unspecified atom stereocenters. The number of non-ortho nitro benzene ring substituents is 1. The zero-order valence-corrected chi connectivity index (χ0v) is 19.1. The van der Waals surface area contributed by atoms with Crippen LogP contribution in [0.25, 0.3) is 0 Å². The SMILES string of the molecule is O=C1c2ccccc2C(O[C@@H]2C=CCCC2)(c2ccc(Cl)cc2)N1Cc1ccc([N+](=O)[O-])cc1. The molecule has 0 fully saturated rings. The van der Waals surface area contributed by atoms with E-state index in [9.17, 15) is 14.9 Å². The molecule has 0 aromatic heterocycles. The van der Waals surface area contributed by atoms with Crippen molar-refractivity contribution in [2.24, 2.45) is 0 Å². The second kappa shape index (κ2) is 9.05. The van der Waals surface area contributed by atoms with Gasteiger partial charge in [-0.05, 0) is 43.0 Å². The highest BCUT2D eigenvalue weighted by Gasteiger charge is 2.53. The molecule has 0 spiro atoms. The normalized spacial score (nSPS) is 21.5. The predicted molar refractivity (Wildman–Crippen MR) is 130 cm³/mol. The topological polar surface area (TPSA) is 72.7 Å². The number of hydrogen-bond donors (Lipinski definition) is 0. The van der Waals surface area contributed by atoms with E-state index >= 15 is 0 Å². The van der Waals surface area contributed by atoms with Gasteiger partial charge >= 0.3 is 0 Å². The van der Waals surface area contributed by atoms with Crippen molar-refractivity contribution in [3.8, 4) is 0 Å². The molecule has 0 saturated carbocycles. The fourth-order valence-corrected chi connectivity index (χ4v) is 4.89. The molecular weight excluding hydrogens is 452 g/mol. The molecule has 1 aliphatic carbocycles. The first-order chi connectivity index (χ1) is 16.5. The molecule has 2 atom stereocenters. The van der Waals surface area contributed by atoms with Crippen LogP contribution in [0.15, 0.2) is 84.9 Å². The highest BCUT2D eigenvalue weighted by molar-refractivity contribution is 6.30. The number of amides is 1. The fraction of sp³-hybridized carbons (Fsp3) is 0.222. The van der Waals surface area contributed by atoms with Crippen molar-refractivity contribution in [1.29, 1.82) is 0 Å². The van der Waals surface area contributed by atoms with E-state index in [-0.39, 0.29) is 24.2 Å². The smallest absolute Gasteiger partial charge is 0.269 e. The third kappa shape index (κ3) is 3.89. The van der Waals surface area contributed by atoms with Crippen molar-refractivity contribution < 1.29 is 14.5 Å². The molecule has 3 aromatic rings. The largest absolute Gasteiger partial charge is 0.340 e. The van der Waals surface area contributed by atoms with Gasteiger partial charge in [0.15, 0.2) is 5.72 Å². The van der Waals surface area contributed by atoms with Crippen molar-refractivity contribution >= 4 is 23.2 Å². The summed E-state index contributed by atoms with van der Waals surface area (Å²) in [5, 5.41) is 11.7. The first-order valence-corrected chi connectivity index (χ1v) is 11.6. The van der Waals surface area contributed by atoms with E-state index in [1.807, 2.05) is 36.4 Å². The van der Waals surface area contributed by atoms with Crippen molar-refractivity contribution in [3.05, 3.63) is 122 Å². The third-order valence-corrected chi connectivity index (χ3v) is 6.66. The van der Waals surface area contributed by atoms with Crippen LogP contribution >= 0.6 is 11.6 Å². The molecule has 0 radical (unpaired) electrons. The van der Waals surface area contributed by atoms with E-state index in [0.717, 1.165) is 36.0 Å². The number of carbonyl (C=O) groups is 1. The lowest BCUT2D eigenvalue weighted by Crippen LogP contribution is -2.48. The highest BCUT2D eigenvalue weighted by atomic mass is 35.5. The Balaban J connectivity index is 1.66. The number of carbonyl (C=O) groups excluding carboxylic acids is 1. The van der Waals surface area contributed by atoms with Crippen molar-refractivity contribution in [2.75, 3.05) is 0 Å². The van der Waals surface area contributed by atoms with Crippen LogP contribution in [0.5, 0.6) is 0 Å². The minimum absolute atomic E-state index is 0.00680. The lowest BCUT2D eigenvalue weighted by Gasteiger charge is -2.42. The summed E-state index contributed by atoms with van der Waals surface area (Å²) in [7, 11) is 0. The number of rotatable bonds is 6. The average Bonchev–Trinajstić information content (AvgIpc) is 3.09. The van der Waals surface area contributed by atoms with E-state index in [2.05, 4.69) is 12.2 Å². The van der Waals surface area contributed by atoms with Crippen LogP contribution in [0.1, 0.15) is 46.3 Å². The molecule has 0 N–H and O–H groups in total. The summed E-state index contributed by atoms with van der Waals surface area (Å²) >= 11 is 6.20. The molecule has 0 saturated heterocycles. The number of hydrogen-bond acceptors (Lipinski definition) is 4. The Morgan fingerprint density at radius 2 is 1.79 bits per heavy atom. The van der Waals surface area contributed by atoms with Gasteiger partial charge in [-0.1, -0.05) is 66.2 Å². The summed E-state index contributed by atoms with van der Waals surface area (Å²) in [6, 6.07) is 21.2. The number of nitro benzene ring substituents is 1. The van der Waals surface area contributed by atoms with Gasteiger partial charge in [0.2, 0.25) is 0 Å². The Kier molecular flexibility index (Phi) is 5.94. The highest BCUT2D eigenvalue weighted by Crippen LogP contribution is 2.47. The summed E-state index contributed by atoms with van der Waals surface area (Å²) in [6.07, 6.45) is 6.89. The zero-order chi connectivity index (χ0) is 23.7. The number of nitro groups is 1. The molecule has 2 aliphatic rings. The Morgan fingerprint density at radius 1 is 1.06 bits per heavy atom. The van der Waals surface area contributed by atoms with Gasteiger partial charge in [-0.25, -0.2) is 0 Å². The maximum absolute atomic E-state index is 13.8. The predicted octanol–water partition coefficient (Wildman–Crippen LogP) is 6.23. The lowest BCUT2D eigenvalue weighted by molar-refractivity contribution is -0.384. The van der Waals surface area contributed by atoms with Gasteiger partial charge in [0.1, 0.15) is 0 Å². The van der Waals surface area contributed by atoms with Crippen molar-refractivity contribution in [3.63, 3.8) is 0 Å². The van der Waals surface area contributed by atoms with E-state index in [4.69, 9.17) is 16.3 Å². The molecule has 1 aliphatic heterocycles. The first-order valence-electron chi connectivity index (χ1n) is 11.2. The molecule has 1 heterocycles. The number of nitrogens with zero attached hydrogens (tertiary/aromatic N) is 2. The Bertz CT molecular complexity index is 1260. The van der Waals surface area contributed by atoms with Crippen molar-refractivity contribution in [2.45, 2.75) is 37.6 Å². The summed E-state index contributed by atoms with van der Waals surface area (Å²) < 4.78 is 6.88. The van der Waals surface area contributed by atoms with Crippen LogP contribution in [-0.2, 0) is 17.0 Å². The molecule has 5 rings (SSSR count). The van der Waals surface area contributed by atoms with Gasteiger partial charge in [0, 0.05) is 40.4 Å². The molecule has 7 heteroatoms. The standard InChI is InChI=1S/C27H23ClN2O4/c28-21-14-12-20(13-15-21)27(34-23-6-2-1-3-7-23)25-9-5-4-8-24(25)26(31)29(27)18-19-10-16-22(17-11-19)30(32)33/h2,4-6,8-17,23H,1,3,7,18H2/t23-,27?/m1/s1. The van der Waals surface area contributed by atoms with E-state index < -0.39 is 10.6 Å². The quantitative estimate of drug-likeness (QED) is 0.241. The van der Waals surface area contributed by atoms with Crippen LogP contribution in [0.4, 0.5) is 5.69 Å². The Labute approximate surface area is 202 Å². The van der Waals surface area contributed by atoms with Gasteiger partial charge in [-0.3, -0.25) is 19.8 Å². The van der Waals surface area contributed by atoms with Gasteiger partial charge < -0.3 is 4.74 Å². The Hall–Kier alpha value is -3.48. The molecule has 0 bridgehead atoms. The molecule has 1 amide bonds. The summed E-state index contributed by atoms with van der Waals surface area (Å²) in [4.78, 5) is 26.2. The van der Waals surface area contributed by atoms with E-state index in [1.54, 1.807) is 29.2 Å². The Morgan fingerprint density at radius 3 is 2.47 bits per heavy atom. The number of ether oxygens (including phenoxy) is 1. The number of benzene rings is 3. The second-order valence-electron chi connectivity index (χ2n) is 8.53. The van der Waals surface area contributed by atoms with Gasteiger partial charge in [-0.2, -0.15) is 0 Å². The maximum Gasteiger partial charge on any atom is 0.269 e. The molecule has 34 heavy (non-hydrogen) atoms. The van der Waals surface area contributed by atoms with Gasteiger partial charge in [0.05, 0.1) is 11.0 Å². The molecular formula is C27H23ClN2O4. The number of halogens is 1. The van der Waals surface area contributed by atoms with Crippen LogP contribution in [0, 0.1) is 10.1 Å². The van der Waals surface area contributed by atoms with Gasteiger partial charge in [-0.15, -0.1) is 0 Å². The first kappa shape index (κ1) is 22.3.